The highest BCUT2D eigenvalue weighted by atomic mass is 35.5. The molecule has 0 aliphatic carbocycles. The average molecular weight is 311 g/mol. The molecule has 0 aromatic heterocycles. The highest BCUT2D eigenvalue weighted by Gasteiger charge is 2.19. The molecule has 0 saturated heterocycles. The van der Waals surface area contributed by atoms with Gasteiger partial charge in [-0.3, -0.25) is 10.1 Å². The van der Waals surface area contributed by atoms with Crippen molar-refractivity contribution in [3.63, 3.8) is 0 Å². The van der Waals surface area contributed by atoms with E-state index in [2.05, 4.69) is 4.99 Å². The van der Waals surface area contributed by atoms with Crippen molar-refractivity contribution in [2.45, 2.75) is 6.92 Å². The summed E-state index contributed by atoms with van der Waals surface area (Å²) in [4.78, 5) is 14.3. The number of aliphatic imine (C=N–C) groups is 1. The fourth-order valence-corrected chi connectivity index (χ4v) is 2.19. The number of nitro benzene ring substituents is 1. The first kappa shape index (κ1) is 15.1. The van der Waals surface area contributed by atoms with Crippen molar-refractivity contribution in [2.24, 2.45) is 4.99 Å². The van der Waals surface area contributed by atoms with E-state index in [1.54, 1.807) is 13.0 Å². The van der Waals surface area contributed by atoms with Gasteiger partial charge in [-0.2, -0.15) is 0 Å². The van der Waals surface area contributed by atoms with Crippen LogP contribution in [0.1, 0.15) is 11.1 Å². The van der Waals surface area contributed by atoms with E-state index in [4.69, 9.17) is 11.6 Å². The van der Waals surface area contributed by atoms with E-state index in [1.165, 1.54) is 12.1 Å². The Hall–Kier alpha value is -2.34. The molecule has 0 N–H and O–H groups in total. The summed E-state index contributed by atoms with van der Waals surface area (Å²) in [6.07, 6.45) is 0. The molecule has 21 heavy (non-hydrogen) atoms. The smallest absolute Gasteiger partial charge is 0.258 e. The van der Waals surface area contributed by atoms with Crippen LogP contribution in [0.4, 0.5) is 20.2 Å². The van der Waals surface area contributed by atoms with Crippen LogP contribution in [0.2, 0.25) is 0 Å². The molecule has 7 heteroatoms. The fourth-order valence-electron chi connectivity index (χ4n) is 1.85. The first-order valence-electron chi connectivity index (χ1n) is 5.83. The number of nitrogens with zero attached hydrogens (tertiary/aromatic N) is 2. The summed E-state index contributed by atoms with van der Waals surface area (Å²) in [5, 5.41) is 10.8. The number of rotatable bonds is 3. The van der Waals surface area contributed by atoms with Crippen LogP contribution in [0, 0.1) is 28.7 Å². The summed E-state index contributed by atoms with van der Waals surface area (Å²) in [6, 6.07) is 7.09. The van der Waals surface area contributed by atoms with E-state index in [0.717, 1.165) is 12.1 Å². The Morgan fingerprint density at radius 1 is 1.24 bits per heavy atom. The van der Waals surface area contributed by atoms with E-state index in [9.17, 15) is 18.9 Å². The van der Waals surface area contributed by atoms with Gasteiger partial charge in [0.1, 0.15) is 16.8 Å². The molecule has 0 radical (unpaired) electrons. The molecule has 0 bridgehead atoms. The van der Waals surface area contributed by atoms with Gasteiger partial charge >= 0.3 is 0 Å². The lowest BCUT2D eigenvalue weighted by Crippen LogP contribution is -2.02. The van der Waals surface area contributed by atoms with Crippen LogP contribution in [0.25, 0.3) is 0 Å². The van der Waals surface area contributed by atoms with Crippen molar-refractivity contribution in [2.75, 3.05) is 0 Å². The molecule has 0 heterocycles. The van der Waals surface area contributed by atoms with Gasteiger partial charge in [0.15, 0.2) is 0 Å². The topological polar surface area (TPSA) is 55.5 Å². The highest BCUT2D eigenvalue weighted by Crippen LogP contribution is 2.26. The molecule has 0 amide bonds. The summed E-state index contributed by atoms with van der Waals surface area (Å²) >= 11 is 6.00. The largest absolute Gasteiger partial charge is 0.279 e. The van der Waals surface area contributed by atoms with Gasteiger partial charge in [-0.05, 0) is 24.6 Å². The lowest BCUT2D eigenvalue weighted by atomic mass is 10.1. The van der Waals surface area contributed by atoms with Crippen LogP contribution >= 0.6 is 11.6 Å². The first-order chi connectivity index (χ1) is 9.88. The molecule has 0 spiro atoms. The summed E-state index contributed by atoms with van der Waals surface area (Å²) in [5.41, 5.74) is 0.374. The molecule has 0 aliphatic rings. The second-order valence-corrected chi connectivity index (χ2v) is 4.61. The lowest BCUT2D eigenvalue weighted by Gasteiger charge is -2.05. The zero-order chi connectivity index (χ0) is 15.6. The third-order valence-corrected chi connectivity index (χ3v) is 3.00. The Kier molecular flexibility index (Phi) is 4.28. The second-order valence-electron chi connectivity index (χ2n) is 4.26. The molecule has 0 fully saturated rings. The maximum absolute atomic E-state index is 13.1. The maximum Gasteiger partial charge on any atom is 0.279 e. The third-order valence-electron chi connectivity index (χ3n) is 2.73. The minimum Gasteiger partial charge on any atom is -0.258 e. The highest BCUT2D eigenvalue weighted by molar-refractivity contribution is 6.70. The van der Waals surface area contributed by atoms with Crippen molar-refractivity contribution in [3.8, 4) is 0 Å². The zero-order valence-electron chi connectivity index (χ0n) is 10.8. The van der Waals surface area contributed by atoms with Gasteiger partial charge in [0.25, 0.3) is 5.69 Å². The molecule has 0 saturated carbocycles. The Morgan fingerprint density at radius 3 is 2.43 bits per heavy atom. The summed E-state index contributed by atoms with van der Waals surface area (Å²) in [6.45, 7) is 1.63. The Bertz CT molecular complexity index is 727. The predicted octanol–water partition coefficient (Wildman–Crippen LogP) is 4.50. The lowest BCUT2D eigenvalue weighted by molar-refractivity contribution is -0.385. The van der Waals surface area contributed by atoms with Crippen LogP contribution in [0.15, 0.2) is 41.4 Å². The maximum atomic E-state index is 13.1. The van der Waals surface area contributed by atoms with Gasteiger partial charge in [-0.15, -0.1) is 0 Å². The minimum atomic E-state index is -0.808. The van der Waals surface area contributed by atoms with Crippen molar-refractivity contribution in [3.05, 3.63) is 69.3 Å². The van der Waals surface area contributed by atoms with Crippen molar-refractivity contribution >= 4 is 28.1 Å². The summed E-state index contributed by atoms with van der Waals surface area (Å²) < 4.78 is 26.2. The summed E-state index contributed by atoms with van der Waals surface area (Å²) in [7, 11) is 0. The van der Waals surface area contributed by atoms with Gasteiger partial charge in [0.05, 0.1) is 16.2 Å². The van der Waals surface area contributed by atoms with E-state index in [1.807, 2.05) is 0 Å². The van der Waals surface area contributed by atoms with Crippen LogP contribution < -0.4 is 0 Å². The Morgan fingerprint density at radius 2 is 1.86 bits per heavy atom. The van der Waals surface area contributed by atoms with Crippen LogP contribution in [0.3, 0.4) is 0 Å². The van der Waals surface area contributed by atoms with Gasteiger partial charge in [-0.25, -0.2) is 13.8 Å². The third kappa shape index (κ3) is 3.41. The van der Waals surface area contributed by atoms with Gasteiger partial charge < -0.3 is 0 Å². The van der Waals surface area contributed by atoms with Crippen LogP contribution in [-0.4, -0.2) is 10.1 Å². The molecule has 4 nitrogen and oxygen atoms in total. The number of aryl methyl sites for hydroxylation is 1. The molecule has 0 unspecified atom stereocenters. The standard InChI is InChI=1S/C14H9ClF2N2O2/c1-8-3-2-4-12(19(20)21)13(8)14(15)18-11-6-9(16)5-10(17)7-11/h2-7H,1H3. The molecule has 0 atom stereocenters. The van der Waals surface area contributed by atoms with E-state index in [-0.39, 0.29) is 22.1 Å². The Labute approximate surface area is 123 Å². The average Bonchev–Trinajstić information content (AvgIpc) is 2.36. The van der Waals surface area contributed by atoms with Crippen molar-refractivity contribution < 1.29 is 13.7 Å². The zero-order valence-corrected chi connectivity index (χ0v) is 11.6. The molecular weight excluding hydrogens is 302 g/mol. The second kappa shape index (κ2) is 5.97. The molecule has 108 valence electrons. The molecule has 2 aromatic rings. The number of hydrogen-bond acceptors (Lipinski definition) is 3. The van der Waals surface area contributed by atoms with Crippen LogP contribution in [0.5, 0.6) is 0 Å². The number of halogens is 3. The predicted molar refractivity (Wildman–Crippen MR) is 76.2 cm³/mol. The van der Waals surface area contributed by atoms with Gasteiger partial charge in [-0.1, -0.05) is 23.7 Å². The normalized spacial score (nSPS) is 11.5. The van der Waals surface area contributed by atoms with Crippen molar-refractivity contribution in [1.29, 1.82) is 0 Å². The number of benzene rings is 2. The first-order valence-corrected chi connectivity index (χ1v) is 6.21. The minimum absolute atomic E-state index is 0.0601. The number of nitro groups is 1. The van der Waals surface area contributed by atoms with E-state index >= 15 is 0 Å². The molecular formula is C14H9ClF2N2O2. The fraction of sp³-hybridized carbons (Fsp3) is 0.0714. The number of hydrogen-bond donors (Lipinski definition) is 0. The van der Waals surface area contributed by atoms with E-state index in [0.29, 0.717) is 11.6 Å². The molecule has 0 aliphatic heterocycles. The van der Waals surface area contributed by atoms with Crippen molar-refractivity contribution in [1.82, 2.24) is 0 Å². The van der Waals surface area contributed by atoms with Crippen LogP contribution in [-0.2, 0) is 0 Å². The summed E-state index contributed by atoms with van der Waals surface area (Å²) in [5.74, 6) is -1.62. The monoisotopic (exact) mass is 310 g/mol. The Balaban J connectivity index is 2.56. The SMILES string of the molecule is Cc1cccc([N+](=O)[O-])c1C(Cl)=Nc1cc(F)cc(F)c1. The molecule has 2 aromatic carbocycles. The van der Waals surface area contributed by atoms with Gasteiger partial charge in [0.2, 0.25) is 0 Å². The quantitative estimate of drug-likeness (QED) is 0.476. The van der Waals surface area contributed by atoms with E-state index < -0.39 is 16.6 Å². The molecule has 2 rings (SSSR count). The van der Waals surface area contributed by atoms with Gasteiger partial charge in [0, 0.05) is 12.1 Å².